The number of Topliss-reactive ketones (excluding diaryl/α,β-unsaturated/α-hetero) is 1. The molecule has 4 nitrogen and oxygen atoms in total. The topological polar surface area (TPSA) is 62.2 Å². The van der Waals surface area contributed by atoms with Crippen LogP contribution in [0.25, 0.3) is 0 Å². The summed E-state index contributed by atoms with van der Waals surface area (Å²) in [4.78, 5) is 12.0. The number of allylic oxidation sites excluding steroid dienone is 2. The van der Waals surface area contributed by atoms with E-state index < -0.39 is 0 Å². The molecule has 0 bridgehead atoms. The maximum absolute atomic E-state index is 12.0. The van der Waals surface area contributed by atoms with E-state index in [9.17, 15) is 4.79 Å². The van der Waals surface area contributed by atoms with Gasteiger partial charge in [-0.05, 0) is 30.5 Å². The van der Waals surface area contributed by atoms with Crippen molar-refractivity contribution in [3.8, 4) is 5.75 Å². The summed E-state index contributed by atoms with van der Waals surface area (Å²) in [6, 6.07) is 7.77. The Morgan fingerprint density at radius 2 is 2.00 bits per heavy atom. The van der Waals surface area contributed by atoms with Gasteiger partial charge in [0.25, 0.3) is 0 Å². The normalized spacial score (nSPS) is 17.9. The molecule has 106 valence electrons. The van der Waals surface area contributed by atoms with Crippen molar-refractivity contribution in [2.75, 3.05) is 14.2 Å². The van der Waals surface area contributed by atoms with Gasteiger partial charge in [-0.3, -0.25) is 4.79 Å². The number of hydrogen-bond donors (Lipinski definition) is 2. The molecule has 0 aromatic heterocycles. The minimum absolute atomic E-state index is 0.0825. The lowest BCUT2D eigenvalue weighted by Crippen LogP contribution is -2.25. The van der Waals surface area contributed by atoms with Crippen LogP contribution in [-0.4, -0.2) is 25.7 Å². The second-order valence-electron chi connectivity index (χ2n) is 4.88. The number of methoxy groups -OCH3 is 1. The molecule has 4 heteroatoms. The first-order valence-corrected chi connectivity index (χ1v) is 6.80. The van der Waals surface area contributed by atoms with Gasteiger partial charge in [-0.25, -0.2) is 0 Å². The highest BCUT2D eigenvalue weighted by Gasteiger charge is 2.23. The second-order valence-corrected chi connectivity index (χ2v) is 4.88. The van der Waals surface area contributed by atoms with Gasteiger partial charge < -0.3 is 15.5 Å². The smallest absolute Gasteiger partial charge is 0.166 e. The lowest BCUT2D eigenvalue weighted by Gasteiger charge is -2.19. The first kappa shape index (κ1) is 14.3. The van der Waals surface area contributed by atoms with Gasteiger partial charge in [0.1, 0.15) is 5.75 Å². The fraction of sp³-hybridized carbons (Fsp3) is 0.375. The molecule has 1 fully saturated rings. The van der Waals surface area contributed by atoms with Crippen LogP contribution >= 0.6 is 0 Å². The molecule has 0 saturated heterocycles. The highest BCUT2D eigenvalue weighted by Crippen LogP contribution is 2.22. The van der Waals surface area contributed by atoms with Gasteiger partial charge >= 0.3 is 0 Å². The maximum atomic E-state index is 12.0. The summed E-state index contributed by atoms with van der Waals surface area (Å²) in [6.07, 6.45) is 2.66. The Morgan fingerprint density at radius 1 is 1.30 bits per heavy atom. The van der Waals surface area contributed by atoms with E-state index in [-0.39, 0.29) is 5.78 Å². The Kier molecular flexibility index (Phi) is 4.56. The summed E-state index contributed by atoms with van der Waals surface area (Å²) in [5, 5.41) is 11.1. The number of carbonyl (C=O) groups is 1. The van der Waals surface area contributed by atoms with Gasteiger partial charge in [0.15, 0.2) is 5.78 Å². The van der Waals surface area contributed by atoms with E-state index in [0.29, 0.717) is 30.5 Å². The number of benzene rings is 1. The molecule has 2 N–H and O–H groups in total. The number of nitrogens with one attached hydrogen (secondary N) is 2. The molecule has 1 aromatic rings. The summed E-state index contributed by atoms with van der Waals surface area (Å²) in [7, 11) is 3.44. The predicted molar refractivity (Wildman–Crippen MR) is 79.4 cm³/mol. The summed E-state index contributed by atoms with van der Waals surface area (Å²) >= 11 is 0. The third-order valence-electron chi connectivity index (χ3n) is 3.55. The molecule has 2 rings (SSSR count). The number of rotatable bonds is 4. The van der Waals surface area contributed by atoms with E-state index in [1.165, 1.54) is 0 Å². The Bertz CT molecular complexity index is 526. The molecular weight excluding hydrogens is 252 g/mol. The van der Waals surface area contributed by atoms with Gasteiger partial charge in [-0.15, -0.1) is 0 Å². The number of carbonyl (C=O) groups excluding carboxylic acids is 1. The minimum atomic E-state index is 0.0825. The van der Waals surface area contributed by atoms with Crippen molar-refractivity contribution in [3.05, 3.63) is 41.1 Å². The van der Waals surface area contributed by atoms with E-state index in [4.69, 9.17) is 10.1 Å². The largest absolute Gasteiger partial charge is 0.497 e. The molecule has 0 spiro atoms. The quantitative estimate of drug-likeness (QED) is 0.828. The van der Waals surface area contributed by atoms with Crippen LogP contribution in [0.1, 0.15) is 24.8 Å². The molecule has 0 radical (unpaired) electrons. The number of hydrogen-bond acceptors (Lipinski definition) is 4. The standard InChI is InChI=1S/C16H20N2O2/c1-18-14(16-13(17)4-3-5-15(16)19)10-11-6-8-12(20-2)9-7-11/h6-9,17-18H,3-5,10H2,1-2H3/b16-14+,17-13?. The van der Waals surface area contributed by atoms with Crippen molar-refractivity contribution in [2.45, 2.75) is 25.7 Å². The van der Waals surface area contributed by atoms with E-state index in [0.717, 1.165) is 23.4 Å². The average Bonchev–Trinajstić information content (AvgIpc) is 2.46. The van der Waals surface area contributed by atoms with Crippen LogP contribution in [0.3, 0.4) is 0 Å². The summed E-state index contributed by atoms with van der Waals surface area (Å²) < 4.78 is 5.14. The number of likely N-dealkylation sites (N-methyl/N-ethyl adjacent to an activating group) is 1. The van der Waals surface area contributed by atoms with Gasteiger partial charge in [-0.1, -0.05) is 12.1 Å². The SMILES string of the molecule is CN/C(Cc1ccc(OC)cc1)=C1\C(=N)CCCC1=O. The van der Waals surface area contributed by atoms with Crippen LogP contribution in [0.15, 0.2) is 35.5 Å². The minimum Gasteiger partial charge on any atom is -0.497 e. The van der Waals surface area contributed by atoms with E-state index in [1.807, 2.05) is 24.3 Å². The molecular formula is C16H20N2O2. The zero-order valence-electron chi connectivity index (χ0n) is 12.0. The van der Waals surface area contributed by atoms with E-state index in [1.54, 1.807) is 14.2 Å². The van der Waals surface area contributed by atoms with Crippen LogP contribution in [0.4, 0.5) is 0 Å². The third kappa shape index (κ3) is 3.07. The predicted octanol–water partition coefficient (Wildman–Crippen LogP) is 2.48. The Balaban J connectivity index is 2.26. The fourth-order valence-electron chi connectivity index (χ4n) is 2.44. The Hall–Kier alpha value is -2.10. The molecule has 0 atom stereocenters. The molecule has 1 saturated carbocycles. The molecule has 0 unspecified atom stereocenters. The Labute approximate surface area is 119 Å². The lowest BCUT2D eigenvalue weighted by atomic mass is 9.88. The van der Waals surface area contributed by atoms with Gasteiger partial charge in [0.2, 0.25) is 0 Å². The highest BCUT2D eigenvalue weighted by molar-refractivity contribution is 6.23. The van der Waals surface area contributed by atoms with Crippen LogP contribution in [-0.2, 0) is 11.2 Å². The molecule has 0 heterocycles. The third-order valence-corrected chi connectivity index (χ3v) is 3.55. The number of ketones is 1. The maximum Gasteiger partial charge on any atom is 0.166 e. The summed E-state index contributed by atoms with van der Waals surface area (Å²) in [5.41, 5.74) is 2.97. The monoisotopic (exact) mass is 272 g/mol. The zero-order valence-corrected chi connectivity index (χ0v) is 12.0. The van der Waals surface area contributed by atoms with Gasteiger partial charge in [-0.2, -0.15) is 0 Å². The van der Waals surface area contributed by atoms with Crippen molar-refractivity contribution >= 4 is 11.5 Å². The van der Waals surface area contributed by atoms with Crippen molar-refractivity contribution in [2.24, 2.45) is 0 Å². The fourth-order valence-corrected chi connectivity index (χ4v) is 2.44. The van der Waals surface area contributed by atoms with Gasteiger partial charge in [0, 0.05) is 31.3 Å². The molecule has 1 aliphatic carbocycles. The molecule has 1 aromatic carbocycles. The average molecular weight is 272 g/mol. The van der Waals surface area contributed by atoms with Crippen LogP contribution in [0.2, 0.25) is 0 Å². The van der Waals surface area contributed by atoms with Crippen molar-refractivity contribution in [1.82, 2.24) is 5.32 Å². The first-order chi connectivity index (χ1) is 9.65. The molecule has 1 aliphatic rings. The van der Waals surface area contributed by atoms with E-state index >= 15 is 0 Å². The van der Waals surface area contributed by atoms with Crippen LogP contribution in [0, 0.1) is 5.41 Å². The van der Waals surface area contributed by atoms with E-state index in [2.05, 4.69) is 5.32 Å². The Morgan fingerprint density at radius 3 is 2.55 bits per heavy atom. The molecule has 0 aliphatic heterocycles. The van der Waals surface area contributed by atoms with Crippen molar-refractivity contribution < 1.29 is 9.53 Å². The van der Waals surface area contributed by atoms with Crippen molar-refractivity contribution in [1.29, 1.82) is 5.41 Å². The summed E-state index contributed by atoms with van der Waals surface area (Å²) in [6.45, 7) is 0. The summed E-state index contributed by atoms with van der Waals surface area (Å²) in [5.74, 6) is 0.896. The zero-order chi connectivity index (χ0) is 14.5. The molecule has 20 heavy (non-hydrogen) atoms. The van der Waals surface area contributed by atoms with Crippen LogP contribution < -0.4 is 10.1 Å². The van der Waals surface area contributed by atoms with Crippen LogP contribution in [0.5, 0.6) is 5.75 Å². The van der Waals surface area contributed by atoms with Crippen molar-refractivity contribution in [3.63, 3.8) is 0 Å². The second kappa shape index (κ2) is 6.37. The first-order valence-electron chi connectivity index (χ1n) is 6.80. The highest BCUT2D eigenvalue weighted by atomic mass is 16.5. The number of ether oxygens (including phenoxy) is 1. The molecule has 0 amide bonds. The van der Waals surface area contributed by atoms with Gasteiger partial charge in [0.05, 0.1) is 12.7 Å². The lowest BCUT2D eigenvalue weighted by molar-refractivity contribution is -0.115.